The van der Waals surface area contributed by atoms with Crippen LogP contribution in [0.1, 0.15) is 57.1 Å². The highest BCUT2D eigenvalue weighted by atomic mass is 32.2. The summed E-state index contributed by atoms with van der Waals surface area (Å²) >= 11 is 1.02. The van der Waals surface area contributed by atoms with Crippen LogP contribution in [0.15, 0.2) is 26.2 Å². The summed E-state index contributed by atoms with van der Waals surface area (Å²) in [6.07, 6.45) is 7.97. The summed E-state index contributed by atoms with van der Waals surface area (Å²) in [5, 5.41) is 11.2. The Bertz CT molecular complexity index is 779. The molecule has 131 valence electrons. The quantitative estimate of drug-likeness (QED) is 0.420. The molecule has 0 fully saturated rings. The Hall–Kier alpha value is -1.42. The van der Waals surface area contributed by atoms with E-state index in [1.807, 2.05) is 12.1 Å². The van der Waals surface area contributed by atoms with Gasteiger partial charge >= 0.3 is 5.63 Å². The maximum atomic E-state index is 12.1. The molecule has 2 aromatic rings. The van der Waals surface area contributed by atoms with Crippen molar-refractivity contribution >= 4 is 22.7 Å². The Morgan fingerprint density at radius 1 is 1.29 bits per heavy atom. The summed E-state index contributed by atoms with van der Waals surface area (Å²) in [6, 6.07) is 3.81. The van der Waals surface area contributed by atoms with Crippen molar-refractivity contribution < 1.29 is 9.52 Å². The number of phenolic OH excluding ortho intramolecular Hbond substituents is 1. The van der Waals surface area contributed by atoms with E-state index in [1.165, 1.54) is 25.7 Å². The van der Waals surface area contributed by atoms with Crippen molar-refractivity contribution in [2.24, 2.45) is 5.92 Å². The maximum Gasteiger partial charge on any atom is 0.349 e. The van der Waals surface area contributed by atoms with Crippen molar-refractivity contribution in [3.8, 4) is 5.75 Å². The molecule has 0 spiro atoms. The van der Waals surface area contributed by atoms with E-state index in [0.717, 1.165) is 58.2 Å². The number of benzene rings is 1. The van der Waals surface area contributed by atoms with Crippen molar-refractivity contribution in [3.05, 3.63) is 33.7 Å². The third-order valence-electron chi connectivity index (χ3n) is 4.98. The van der Waals surface area contributed by atoms with Crippen LogP contribution in [0.3, 0.4) is 0 Å². The SMILES string of the molecule is CCCCCC(C)CCc1cc(O)c2c3c(c(=O)oc2c1)[SH]CC3. The Morgan fingerprint density at radius 2 is 2.12 bits per heavy atom. The Morgan fingerprint density at radius 3 is 2.92 bits per heavy atom. The zero-order valence-corrected chi connectivity index (χ0v) is 15.5. The van der Waals surface area contributed by atoms with E-state index >= 15 is 0 Å². The van der Waals surface area contributed by atoms with E-state index < -0.39 is 0 Å². The zero-order valence-electron chi connectivity index (χ0n) is 14.6. The molecule has 4 heteroatoms. The number of phenols is 1. The van der Waals surface area contributed by atoms with Crippen LogP contribution < -0.4 is 5.63 Å². The third kappa shape index (κ3) is 3.64. The van der Waals surface area contributed by atoms with Gasteiger partial charge in [-0.25, -0.2) is 4.79 Å². The molecule has 0 amide bonds. The third-order valence-corrected chi connectivity index (χ3v) is 6.20. The molecule has 0 saturated heterocycles. The molecule has 1 aromatic heterocycles. The van der Waals surface area contributed by atoms with Gasteiger partial charge in [0.1, 0.15) is 11.3 Å². The fourth-order valence-electron chi connectivity index (χ4n) is 3.56. The predicted molar refractivity (Wildman–Crippen MR) is 102 cm³/mol. The van der Waals surface area contributed by atoms with Gasteiger partial charge in [-0.2, -0.15) is 11.8 Å². The van der Waals surface area contributed by atoms with Crippen LogP contribution in [-0.4, -0.2) is 10.9 Å². The Labute approximate surface area is 147 Å². The summed E-state index contributed by atoms with van der Waals surface area (Å²) in [5.41, 5.74) is 2.35. The lowest BCUT2D eigenvalue weighted by atomic mass is 9.95. The lowest BCUT2D eigenvalue weighted by Crippen LogP contribution is -2.04. The van der Waals surface area contributed by atoms with Crippen LogP contribution in [0.4, 0.5) is 0 Å². The zero-order chi connectivity index (χ0) is 17.1. The Kier molecular flexibility index (Phi) is 5.54. The smallest absolute Gasteiger partial charge is 0.349 e. The number of aromatic hydroxyl groups is 1. The number of thiol groups is 1. The molecule has 3 rings (SSSR count). The topological polar surface area (TPSA) is 50.4 Å². The number of hydrogen-bond acceptors (Lipinski definition) is 3. The normalized spacial score (nSPS) is 14.9. The van der Waals surface area contributed by atoms with Crippen molar-refractivity contribution in [2.75, 3.05) is 5.75 Å². The minimum atomic E-state index is -0.235. The fourth-order valence-corrected chi connectivity index (χ4v) is 4.71. The molecule has 1 aromatic carbocycles. The molecule has 1 aliphatic rings. The first-order valence-electron chi connectivity index (χ1n) is 9.09. The number of hydrogen-bond donors (Lipinski definition) is 2. The molecular weight excluding hydrogens is 320 g/mol. The molecular formula is C20H27O3S. The minimum absolute atomic E-state index is 0.235. The van der Waals surface area contributed by atoms with E-state index in [4.69, 9.17) is 4.42 Å². The van der Waals surface area contributed by atoms with Gasteiger partial charge in [-0.3, -0.25) is 0 Å². The minimum Gasteiger partial charge on any atom is -0.507 e. The number of fused-ring (bicyclic) bond motifs is 3. The van der Waals surface area contributed by atoms with Crippen LogP contribution in [-0.2, 0) is 12.8 Å². The average Bonchev–Trinajstić information content (AvgIpc) is 3.03. The highest BCUT2D eigenvalue weighted by molar-refractivity contribution is 7.99. The molecule has 3 nitrogen and oxygen atoms in total. The second kappa shape index (κ2) is 7.64. The first-order chi connectivity index (χ1) is 11.6. The molecule has 0 saturated carbocycles. The molecule has 24 heavy (non-hydrogen) atoms. The molecule has 1 radical (unpaired) electrons. The molecule has 1 unspecified atom stereocenters. The van der Waals surface area contributed by atoms with Gasteiger partial charge in [-0.1, -0.05) is 39.5 Å². The number of unbranched alkanes of at least 4 members (excludes halogenated alkanes) is 2. The van der Waals surface area contributed by atoms with Gasteiger partial charge in [0.2, 0.25) is 0 Å². The Balaban J connectivity index is 1.79. The van der Waals surface area contributed by atoms with E-state index in [1.54, 1.807) is 0 Å². The van der Waals surface area contributed by atoms with Gasteiger partial charge in [0.05, 0.1) is 10.3 Å². The molecule has 2 heterocycles. The predicted octanol–water partition coefficient (Wildman–Crippen LogP) is 5.03. The van der Waals surface area contributed by atoms with E-state index in [2.05, 4.69) is 13.8 Å². The summed E-state index contributed by atoms with van der Waals surface area (Å²) in [7, 11) is 0. The molecule has 0 bridgehead atoms. The molecule has 1 aliphatic heterocycles. The summed E-state index contributed by atoms with van der Waals surface area (Å²) in [5.74, 6) is 1.88. The van der Waals surface area contributed by atoms with E-state index in [9.17, 15) is 9.90 Å². The van der Waals surface area contributed by atoms with Gasteiger partial charge in [-0.05, 0) is 54.2 Å². The fraction of sp³-hybridized carbons (Fsp3) is 0.550. The maximum absolute atomic E-state index is 12.1. The standard InChI is InChI=1S/C20H27O3S/c1-3-4-5-6-13(2)7-8-14-11-16(21)18-15-9-10-24-19(15)20(22)23-17(18)12-14/h11-13,21,24H,3-10H2,1-2H3. The lowest BCUT2D eigenvalue weighted by Gasteiger charge is -2.12. The molecule has 1 atom stereocenters. The summed E-state index contributed by atoms with van der Waals surface area (Å²) in [6.45, 7) is 4.52. The number of rotatable bonds is 7. The van der Waals surface area contributed by atoms with E-state index in [-0.39, 0.29) is 11.4 Å². The molecule has 1 N–H and O–H groups in total. The molecule has 0 aliphatic carbocycles. The first kappa shape index (κ1) is 17.4. The lowest BCUT2D eigenvalue weighted by molar-refractivity contribution is 0.460. The van der Waals surface area contributed by atoms with Crippen molar-refractivity contribution in [2.45, 2.75) is 63.7 Å². The number of aryl methyl sites for hydroxylation is 2. The second-order valence-electron chi connectivity index (χ2n) is 6.98. The van der Waals surface area contributed by atoms with Crippen molar-refractivity contribution in [3.63, 3.8) is 0 Å². The van der Waals surface area contributed by atoms with Gasteiger partial charge in [0.25, 0.3) is 0 Å². The van der Waals surface area contributed by atoms with Crippen LogP contribution in [0.5, 0.6) is 5.75 Å². The van der Waals surface area contributed by atoms with E-state index in [0.29, 0.717) is 11.5 Å². The first-order valence-corrected chi connectivity index (χ1v) is 10.2. The van der Waals surface area contributed by atoms with Crippen molar-refractivity contribution in [1.29, 1.82) is 0 Å². The largest absolute Gasteiger partial charge is 0.507 e. The van der Waals surface area contributed by atoms with Gasteiger partial charge < -0.3 is 9.52 Å². The van der Waals surface area contributed by atoms with Gasteiger partial charge in [0, 0.05) is 0 Å². The second-order valence-corrected chi connectivity index (χ2v) is 8.19. The monoisotopic (exact) mass is 347 g/mol. The van der Waals surface area contributed by atoms with Gasteiger partial charge in [0.15, 0.2) is 0 Å². The summed E-state index contributed by atoms with van der Waals surface area (Å²) in [4.78, 5) is 12.8. The van der Waals surface area contributed by atoms with Crippen LogP contribution in [0.25, 0.3) is 11.0 Å². The highest BCUT2D eigenvalue weighted by Crippen LogP contribution is 2.38. The highest BCUT2D eigenvalue weighted by Gasteiger charge is 2.22. The van der Waals surface area contributed by atoms with Gasteiger partial charge in [-0.15, -0.1) is 0 Å². The van der Waals surface area contributed by atoms with Crippen LogP contribution in [0, 0.1) is 5.92 Å². The average molecular weight is 348 g/mol. The van der Waals surface area contributed by atoms with Crippen LogP contribution in [0.2, 0.25) is 0 Å². The van der Waals surface area contributed by atoms with Crippen LogP contribution >= 0.6 is 11.8 Å². The summed E-state index contributed by atoms with van der Waals surface area (Å²) < 4.78 is 5.49. The van der Waals surface area contributed by atoms with Crippen molar-refractivity contribution in [1.82, 2.24) is 0 Å².